The normalized spacial score (nSPS) is 11.3. The maximum atomic E-state index is 9.76. The first kappa shape index (κ1) is 27.4. The second-order valence-corrected chi connectivity index (χ2v) is 12.0. The quantitative estimate of drug-likeness (QED) is 0.199. The van der Waals surface area contributed by atoms with Crippen molar-refractivity contribution in [3.8, 4) is 45.8 Å². The molecule has 0 aliphatic carbocycles. The van der Waals surface area contributed by atoms with Gasteiger partial charge in [-0.2, -0.15) is 10.5 Å². The number of hydrogen-bond acceptors (Lipinski definition) is 2. The number of benzene rings is 7. The van der Waals surface area contributed by atoms with Crippen molar-refractivity contribution in [2.24, 2.45) is 0 Å². The Balaban J connectivity index is 1.28. The van der Waals surface area contributed by atoms with Crippen molar-refractivity contribution < 1.29 is 0 Å². The molecule has 0 N–H and O–H groups in total. The molecule has 4 nitrogen and oxygen atoms in total. The van der Waals surface area contributed by atoms with Crippen LogP contribution in [0.2, 0.25) is 0 Å². The molecule has 7 aromatic carbocycles. The van der Waals surface area contributed by atoms with Gasteiger partial charge < -0.3 is 9.13 Å². The topological polar surface area (TPSA) is 57.4 Å². The molecule has 0 radical (unpaired) electrons. The molecule has 0 unspecified atom stereocenters. The molecule has 2 heterocycles. The number of para-hydroxylation sites is 3. The highest BCUT2D eigenvalue weighted by molar-refractivity contribution is 6.12. The van der Waals surface area contributed by atoms with E-state index in [-0.39, 0.29) is 0 Å². The predicted octanol–water partition coefficient (Wildman–Crippen LogP) is 11.0. The van der Waals surface area contributed by atoms with E-state index < -0.39 is 0 Å². The third-order valence-electron chi connectivity index (χ3n) is 9.41. The lowest BCUT2D eigenvalue weighted by atomic mass is 9.92. The SMILES string of the molecule is N#Cc1ccc(-c2ccc(-n3c4ccccc4c4cc(-n5c6ccccc6c6ccccc65)ccc43)cc2-c2ccccc2)cc1C#N. The van der Waals surface area contributed by atoms with Crippen molar-refractivity contribution in [1.29, 1.82) is 10.5 Å². The number of hydrogen-bond donors (Lipinski definition) is 0. The van der Waals surface area contributed by atoms with Gasteiger partial charge in [-0.25, -0.2) is 0 Å². The Morgan fingerprint density at radius 1 is 0.354 bits per heavy atom. The van der Waals surface area contributed by atoms with Crippen LogP contribution in [0.15, 0.2) is 158 Å². The summed E-state index contributed by atoms with van der Waals surface area (Å²) in [7, 11) is 0. The van der Waals surface area contributed by atoms with Gasteiger partial charge in [-0.1, -0.05) is 97.1 Å². The van der Waals surface area contributed by atoms with E-state index >= 15 is 0 Å². The van der Waals surface area contributed by atoms with Gasteiger partial charge in [0.15, 0.2) is 0 Å². The minimum atomic E-state index is 0.375. The summed E-state index contributed by atoms with van der Waals surface area (Å²) in [5.74, 6) is 0. The monoisotopic (exact) mass is 610 g/mol. The highest BCUT2D eigenvalue weighted by Crippen LogP contribution is 2.39. The van der Waals surface area contributed by atoms with Crippen LogP contribution in [0, 0.1) is 22.7 Å². The molecular weight excluding hydrogens is 585 g/mol. The zero-order chi connectivity index (χ0) is 32.2. The van der Waals surface area contributed by atoms with Crippen molar-refractivity contribution >= 4 is 43.6 Å². The minimum Gasteiger partial charge on any atom is -0.309 e. The Bertz CT molecular complexity index is 2750. The Morgan fingerprint density at radius 2 is 0.875 bits per heavy atom. The smallest absolute Gasteiger partial charge is 0.101 e. The standard InChI is InChI=1S/C44H26N4/c45-27-31-19-18-30(24-32(31)28-46)35-22-20-33(25-39(35)29-10-2-1-3-11-29)48-43-17-9-6-14-38(43)40-26-34(21-23-44(40)48)47-41-15-7-4-12-36(41)37-13-5-8-16-42(37)47/h1-26H. The van der Waals surface area contributed by atoms with Gasteiger partial charge in [-0.15, -0.1) is 0 Å². The molecule has 0 spiro atoms. The van der Waals surface area contributed by atoms with Gasteiger partial charge in [0.2, 0.25) is 0 Å². The van der Waals surface area contributed by atoms with E-state index in [0.717, 1.165) is 44.7 Å². The average molecular weight is 611 g/mol. The lowest BCUT2D eigenvalue weighted by molar-refractivity contribution is 1.17. The first-order chi connectivity index (χ1) is 23.7. The van der Waals surface area contributed by atoms with E-state index in [0.29, 0.717) is 11.1 Å². The first-order valence-electron chi connectivity index (χ1n) is 15.9. The third-order valence-corrected chi connectivity index (χ3v) is 9.41. The van der Waals surface area contributed by atoms with Crippen molar-refractivity contribution in [3.05, 3.63) is 169 Å². The largest absolute Gasteiger partial charge is 0.309 e. The van der Waals surface area contributed by atoms with Gasteiger partial charge in [0.25, 0.3) is 0 Å². The highest BCUT2D eigenvalue weighted by atomic mass is 15.0. The summed E-state index contributed by atoms with van der Waals surface area (Å²) in [5, 5.41) is 24.1. The summed E-state index contributed by atoms with van der Waals surface area (Å²) in [6.45, 7) is 0. The van der Waals surface area contributed by atoms with Crippen molar-refractivity contribution in [1.82, 2.24) is 9.13 Å². The van der Waals surface area contributed by atoms with Crippen LogP contribution < -0.4 is 0 Å². The fourth-order valence-corrected chi connectivity index (χ4v) is 7.26. The van der Waals surface area contributed by atoms with E-state index in [1.54, 1.807) is 6.07 Å². The third kappa shape index (κ3) is 4.14. The molecule has 0 atom stereocenters. The molecule has 0 aliphatic rings. The molecule has 0 amide bonds. The van der Waals surface area contributed by atoms with Gasteiger partial charge >= 0.3 is 0 Å². The second kappa shape index (κ2) is 10.9. The van der Waals surface area contributed by atoms with E-state index in [1.165, 1.54) is 32.6 Å². The number of nitriles is 2. The Kier molecular flexibility index (Phi) is 6.22. The summed E-state index contributed by atoms with van der Waals surface area (Å²) in [5.41, 5.74) is 11.6. The number of rotatable bonds is 4. The first-order valence-corrected chi connectivity index (χ1v) is 15.9. The van der Waals surface area contributed by atoms with E-state index in [1.807, 2.05) is 30.3 Å². The lowest BCUT2D eigenvalue weighted by Crippen LogP contribution is -1.97. The Hall–Kier alpha value is -6.88. The summed E-state index contributed by atoms with van der Waals surface area (Å²) in [6.07, 6.45) is 0. The highest BCUT2D eigenvalue weighted by Gasteiger charge is 2.18. The van der Waals surface area contributed by atoms with E-state index in [9.17, 15) is 10.5 Å². The van der Waals surface area contributed by atoms with Gasteiger partial charge in [0.1, 0.15) is 12.1 Å². The molecule has 0 saturated carbocycles. The molecule has 222 valence electrons. The molecule has 0 aliphatic heterocycles. The Labute approximate surface area is 277 Å². The molecule has 2 aromatic heterocycles. The molecular formula is C44H26N4. The van der Waals surface area contributed by atoms with Crippen molar-refractivity contribution in [3.63, 3.8) is 0 Å². The van der Waals surface area contributed by atoms with Gasteiger partial charge in [-0.3, -0.25) is 0 Å². The summed E-state index contributed by atoms with van der Waals surface area (Å²) in [6, 6.07) is 59.3. The zero-order valence-corrected chi connectivity index (χ0v) is 25.8. The van der Waals surface area contributed by atoms with Crippen LogP contribution in [0.1, 0.15) is 11.1 Å². The van der Waals surface area contributed by atoms with E-state index in [2.05, 4.69) is 143 Å². The molecule has 0 fully saturated rings. The maximum Gasteiger partial charge on any atom is 0.101 e. The molecule has 9 aromatic rings. The van der Waals surface area contributed by atoms with Crippen LogP contribution in [-0.2, 0) is 0 Å². The number of nitrogens with zero attached hydrogens (tertiary/aromatic N) is 4. The Morgan fingerprint density at radius 3 is 1.50 bits per heavy atom. The lowest BCUT2D eigenvalue weighted by Gasteiger charge is -2.16. The van der Waals surface area contributed by atoms with E-state index in [4.69, 9.17) is 0 Å². The maximum absolute atomic E-state index is 9.76. The zero-order valence-electron chi connectivity index (χ0n) is 25.8. The van der Waals surface area contributed by atoms with Crippen LogP contribution in [0.4, 0.5) is 0 Å². The summed E-state index contributed by atoms with van der Waals surface area (Å²) in [4.78, 5) is 0. The van der Waals surface area contributed by atoms with Crippen LogP contribution >= 0.6 is 0 Å². The minimum absolute atomic E-state index is 0.375. The molecule has 0 saturated heterocycles. The van der Waals surface area contributed by atoms with Crippen LogP contribution in [0.5, 0.6) is 0 Å². The van der Waals surface area contributed by atoms with Gasteiger partial charge in [0.05, 0.1) is 33.2 Å². The second-order valence-electron chi connectivity index (χ2n) is 12.0. The van der Waals surface area contributed by atoms with Crippen LogP contribution in [-0.4, -0.2) is 9.13 Å². The van der Waals surface area contributed by atoms with Crippen LogP contribution in [0.25, 0.3) is 77.2 Å². The predicted molar refractivity (Wildman–Crippen MR) is 195 cm³/mol. The fraction of sp³-hybridized carbons (Fsp3) is 0. The van der Waals surface area contributed by atoms with Crippen molar-refractivity contribution in [2.75, 3.05) is 0 Å². The number of aromatic nitrogens is 2. The summed E-state index contributed by atoms with van der Waals surface area (Å²) < 4.78 is 4.71. The number of fused-ring (bicyclic) bond motifs is 6. The molecule has 48 heavy (non-hydrogen) atoms. The average Bonchev–Trinajstić information content (AvgIpc) is 3.67. The summed E-state index contributed by atoms with van der Waals surface area (Å²) >= 11 is 0. The molecule has 0 bridgehead atoms. The molecule has 4 heteroatoms. The molecule has 9 rings (SSSR count). The fourth-order valence-electron chi connectivity index (χ4n) is 7.26. The van der Waals surface area contributed by atoms with Gasteiger partial charge in [-0.05, 0) is 82.9 Å². The van der Waals surface area contributed by atoms with Crippen LogP contribution in [0.3, 0.4) is 0 Å². The van der Waals surface area contributed by atoms with Crippen molar-refractivity contribution in [2.45, 2.75) is 0 Å². The van der Waals surface area contributed by atoms with Gasteiger partial charge in [0, 0.05) is 32.9 Å².